The molecule has 1 saturated carbocycles. The molecule has 1 aliphatic heterocycles. The van der Waals surface area contributed by atoms with Crippen LogP contribution < -0.4 is 16.4 Å². The maximum absolute atomic E-state index is 13.7. The summed E-state index contributed by atoms with van der Waals surface area (Å²) >= 11 is 0. The van der Waals surface area contributed by atoms with Crippen LogP contribution >= 0.6 is 0 Å². The van der Waals surface area contributed by atoms with Gasteiger partial charge in [0.2, 0.25) is 11.8 Å². The van der Waals surface area contributed by atoms with E-state index in [1.54, 1.807) is 12.1 Å². The number of nitrogens with zero attached hydrogens (tertiary/aromatic N) is 1. The third-order valence-electron chi connectivity index (χ3n) is 8.56. The SMILES string of the molecule is Cc1ccc(S(=O)(=O)N2C=CNC(=O)[C@H]2C(C(N)=O)[C@H]2CCCc3cc(C(C)NC4CCCC4)ccc32)cc1. The molecular formula is C30H38N4O4S. The Labute approximate surface area is 231 Å². The molecule has 4 N–H and O–H groups in total. The number of rotatable bonds is 8. The number of hydrogen-bond acceptors (Lipinski definition) is 5. The highest BCUT2D eigenvalue weighted by molar-refractivity contribution is 7.89. The highest BCUT2D eigenvalue weighted by atomic mass is 32.2. The maximum Gasteiger partial charge on any atom is 0.264 e. The van der Waals surface area contributed by atoms with Crippen LogP contribution in [0.1, 0.15) is 79.7 Å². The van der Waals surface area contributed by atoms with Crippen molar-refractivity contribution >= 4 is 21.8 Å². The second-order valence-electron chi connectivity index (χ2n) is 11.2. The van der Waals surface area contributed by atoms with Crippen molar-refractivity contribution in [3.8, 4) is 0 Å². The molecule has 9 heteroatoms. The molecule has 0 saturated heterocycles. The summed E-state index contributed by atoms with van der Waals surface area (Å²) in [6, 6.07) is 12.2. The van der Waals surface area contributed by atoms with Crippen LogP contribution in [0, 0.1) is 12.8 Å². The number of amides is 2. The molecule has 0 spiro atoms. The lowest BCUT2D eigenvalue weighted by atomic mass is 9.72. The Morgan fingerprint density at radius 1 is 1.08 bits per heavy atom. The molecule has 39 heavy (non-hydrogen) atoms. The molecule has 4 atom stereocenters. The second kappa shape index (κ2) is 11.1. The first-order valence-electron chi connectivity index (χ1n) is 13.9. The summed E-state index contributed by atoms with van der Waals surface area (Å²) in [5.74, 6) is -2.66. The summed E-state index contributed by atoms with van der Waals surface area (Å²) in [5, 5.41) is 6.35. The minimum atomic E-state index is -4.12. The fourth-order valence-corrected chi connectivity index (χ4v) is 7.97. The lowest BCUT2D eigenvalue weighted by Crippen LogP contribution is -2.57. The number of nitrogens with one attached hydrogen (secondary N) is 2. The predicted octanol–water partition coefficient (Wildman–Crippen LogP) is 3.77. The number of primary amides is 1. The van der Waals surface area contributed by atoms with Gasteiger partial charge in [-0.3, -0.25) is 13.9 Å². The van der Waals surface area contributed by atoms with Crippen molar-refractivity contribution in [1.29, 1.82) is 0 Å². The average Bonchev–Trinajstić information content (AvgIpc) is 3.42. The monoisotopic (exact) mass is 550 g/mol. The van der Waals surface area contributed by atoms with Crippen LogP contribution in [0.3, 0.4) is 0 Å². The molecule has 8 nitrogen and oxygen atoms in total. The van der Waals surface area contributed by atoms with E-state index < -0.39 is 33.8 Å². The van der Waals surface area contributed by atoms with Crippen LogP contribution in [0.5, 0.6) is 0 Å². The summed E-state index contributed by atoms with van der Waals surface area (Å²) < 4.78 is 28.4. The van der Waals surface area contributed by atoms with Gasteiger partial charge in [-0.1, -0.05) is 48.7 Å². The van der Waals surface area contributed by atoms with E-state index in [0.29, 0.717) is 12.5 Å². The Bertz CT molecular complexity index is 1370. The molecule has 1 fully saturated rings. The van der Waals surface area contributed by atoms with E-state index in [1.807, 2.05) is 13.0 Å². The number of hydrogen-bond donors (Lipinski definition) is 3. The smallest absolute Gasteiger partial charge is 0.264 e. The van der Waals surface area contributed by atoms with E-state index in [1.165, 1.54) is 55.8 Å². The number of fused-ring (bicyclic) bond motifs is 1. The topological polar surface area (TPSA) is 122 Å². The molecule has 1 heterocycles. The fraction of sp³-hybridized carbons (Fsp3) is 0.467. The minimum absolute atomic E-state index is 0.0538. The first-order chi connectivity index (χ1) is 18.7. The summed E-state index contributed by atoms with van der Waals surface area (Å²) in [6.45, 7) is 4.05. The second-order valence-corrected chi connectivity index (χ2v) is 13.0. The lowest BCUT2D eigenvalue weighted by molar-refractivity contribution is -0.133. The minimum Gasteiger partial charge on any atom is -0.369 e. The molecule has 2 aromatic rings. The molecule has 0 bridgehead atoms. The summed E-state index contributed by atoms with van der Waals surface area (Å²) in [5.41, 5.74) is 10.2. The molecule has 0 aromatic heterocycles. The van der Waals surface area contributed by atoms with Crippen molar-refractivity contribution in [3.05, 3.63) is 77.1 Å². The first kappa shape index (κ1) is 27.4. The quantitative estimate of drug-likeness (QED) is 0.462. The number of carbonyl (C=O) groups excluding carboxylic acids is 2. The molecule has 0 radical (unpaired) electrons. The Morgan fingerprint density at radius 3 is 2.49 bits per heavy atom. The van der Waals surface area contributed by atoms with Gasteiger partial charge in [0, 0.05) is 24.5 Å². The van der Waals surface area contributed by atoms with Crippen LogP contribution in [0.25, 0.3) is 0 Å². The van der Waals surface area contributed by atoms with Gasteiger partial charge in [-0.15, -0.1) is 0 Å². The number of aryl methyl sites for hydroxylation is 2. The standard InChI is InChI=1S/C30H38N4O4S/c1-19-10-13-24(14-11-19)39(37,38)34-17-16-32-30(36)28(34)27(29(31)35)26-9-5-6-22-18-21(12-15-25(22)26)20(2)33-23-7-3-4-8-23/h10-18,20,23,26-28,33H,3-9H2,1-2H3,(H2,31,35)(H,32,36)/t20?,26-,27?,28+/m0/s1. The molecule has 208 valence electrons. The summed E-state index contributed by atoms with van der Waals surface area (Å²) in [4.78, 5) is 26.4. The zero-order valence-electron chi connectivity index (χ0n) is 22.6. The molecule has 5 rings (SSSR count). The molecule has 3 aliphatic rings. The Morgan fingerprint density at radius 2 is 1.79 bits per heavy atom. The number of carbonyl (C=O) groups is 2. The van der Waals surface area contributed by atoms with Crippen molar-refractivity contribution < 1.29 is 18.0 Å². The highest BCUT2D eigenvalue weighted by Crippen LogP contribution is 2.42. The number of sulfonamides is 1. The maximum atomic E-state index is 13.7. The number of nitrogens with two attached hydrogens (primary N) is 1. The molecule has 2 unspecified atom stereocenters. The largest absolute Gasteiger partial charge is 0.369 e. The van der Waals surface area contributed by atoms with Gasteiger partial charge in [-0.05, 0) is 80.7 Å². The third-order valence-corrected chi connectivity index (χ3v) is 10.3. The fourth-order valence-electron chi connectivity index (χ4n) is 6.50. The molecular weight excluding hydrogens is 512 g/mol. The normalized spacial score (nSPS) is 23.2. The zero-order valence-corrected chi connectivity index (χ0v) is 23.4. The number of benzene rings is 2. The molecule has 2 amide bonds. The van der Waals surface area contributed by atoms with Gasteiger partial charge in [-0.25, -0.2) is 8.42 Å². The van der Waals surface area contributed by atoms with E-state index in [-0.39, 0.29) is 16.9 Å². The Kier molecular flexibility index (Phi) is 7.82. The van der Waals surface area contributed by atoms with Crippen LogP contribution in [-0.4, -0.2) is 36.6 Å². The van der Waals surface area contributed by atoms with E-state index in [2.05, 4.69) is 29.7 Å². The van der Waals surface area contributed by atoms with Gasteiger partial charge in [0.1, 0.15) is 6.04 Å². The summed E-state index contributed by atoms with van der Waals surface area (Å²) in [6.07, 6.45) is 9.89. The van der Waals surface area contributed by atoms with Gasteiger partial charge in [0.05, 0.1) is 10.8 Å². The first-order valence-corrected chi connectivity index (χ1v) is 15.4. The third kappa shape index (κ3) is 5.47. The van der Waals surface area contributed by atoms with E-state index in [9.17, 15) is 18.0 Å². The lowest BCUT2D eigenvalue weighted by Gasteiger charge is -2.40. The van der Waals surface area contributed by atoms with E-state index >= 15 is 0 Å². The Balaban J connectivity index is 1.48. The highest BCUT2D eigenvalue weighted by Gasteiger charge is 2.47. The van der Waals surface area contributed by atoms with Crippen LogP contribution in [0.15, 0.2) is 59.8 Å². The van der Waals surface area contributed by atoms with Crippen molar-refractivity contribution in [1.82, 2.24) is 14.9 Å². The average molecular weight is 551 g/mol. The molecule has 2 aliphatic carbocycles. The molecule has 2 aromatic carbocycles. The van der Waals surface area contributed by atoms with Crippen molar-refractivity contribution in [2.45, 2.75) is 87.7 Å². The van der Waals surface area contributed by atoms with Crippen molar-refractivity contribution in [3.63, 3.8) is 0 Å². The van der Waals surface area contributed by atoms with Crippen LogP contribution in [0.4, 0.5) is 0 Å². The van der Waals surface area contributed by atoms with Gasteiger partial charge in [0.15, 0.2) is 0 Å². The zero-order chi connectivity index (χ0) is 27.7. The van der Waals surface area contributed by atoms with E-state index in [4.69, 9.17) is 5.73 Å². The van der Waals surface area contributed by atoms with Crippen LogP contribution in [-0.2, 0) is 26.0 Å². The van der Waals surface area contributed by atoms with Crippen molar-refractivity contribution in [2.24, 2.45) is 11.7 Å². The van der Waals surface area contributed by atoms with Gasteiger partial charge in [0.25, 0.3) is 10.0 Å². The summed E-state index contributed by atoms with van der Waals surface area (Å²) in [7, 11) is -4.12. The van der Waals surface area contributed by atoms with Gasteiger partial charge < -0.3 is 16.4 Å². The predicted molar refractivity (Wildman–Crippen MR) is 150 cm³/mol. The van der Waals surface area contributed by atoms with Crippen molar-refractivity contribution in [2.75, 3.05) is 0 Å². The van der Waals surface area contributed by atoms with Gasteiger partial charge >= 0.3 is 0 Å². The van der Waals surface area contributed by atoms with E-state index in [0.717, 1.165) is 33.8 Å². The Hall–Kier alpha value is -3.17. The van der Waals surface area contributed by atoms with Gasteiger partial charge in [-0.2, -0.15) is 0 Å². The van der Waals surface area contributed by atoms with Crippen LogP contribution in [0.2, 0.25) is 0 Å².